The van der Waals surface area contributed by atoms with Crippen LogP contribution in [0.25, 0.3) is 0 Å². The van der Waals surface area contributed by atoms with Crippen LogP contribution in [0.3, 0.4) is 0 Å². The second-order valence-electron chi connectivity index (χ2n) is 10.4. The maximum atomic E-state index is 13.2. The Bertz CT molecular complexity index is 1080. The molecule has 3 atom stereocenters. The minimum Gasteiger partial charge on any atom is -0.458 e. The number of likely N-dealkylation sites (tertiary alicyclic amines) is 1. The SMILES string of the molecule is C[C@H](NCC(=O)[C@H](Cc1ccccc1)NC(=O)c1ccccc1)C(=O)N1CCC[C@H]1C(=O)OC(C)(C)C. The molecule has 2 aromatic rings. The molecule has 1 aliphatic heterocycles. The average molecular weight is 508 g/mol. The van der Waals surface area contributed by atoms with Crippen molar-refractivity contribution in [2.24, 2.45) is 0 Å². The fourth-order valence-electron chi connectivity index (χ4n) is 4.28. The van der Waals surface area contributed by atoms with Crippen molar-refractivity contribution in [1.29, 1.82) is 0 Å². The number of rotatable bonds is 10. The number of nitrogens with one attached hydrogen (secondary N) is 2. The molecule has 0 aliphatic carbocycles. The predicted molar refractivity (Wildman–Crippen MR) is 141 cm³/mol. The molecule has 0 spiro atoms. The molecule has 198 valence electrons. The number of carbonyl (C=O) groups excluding carboxylic acids is 4. The molecule has 0 unspecified atom stereocenters. The molecular formula is C29H37N3O5. The number of benzene rings is 2. The van der Waals surface area contributed by atoms with Crippen LogP contribution in [0.4, 0.5) is 0 Å². The lowest BCUT2D eigenvalue weighted by Crippen LogP contribution is -2.52. The summed E-state index contributed by atoms with van der Waals surface area (Å²) in [7, 11) is 0. The zero-order chi connectivity index (χ0) is 27.0. The lowest BCUT2D eigenvalue weighted by atomic mass is 10.0. The van der Waals surface area contributed by atoms with E-state index < -0.39 is 29.7 Å². The summed E-state index contributed by atoms with van der Waals surface area (Å²) < 4.78 is 5.49. The second kappa shape index (κ2) is 12.6. The van der Waals surface area contributed by atoms with Gasteiger partial charge in [0.1, 0.15) is 11.6 Å². The van der Waals surface area contributed by atoms with Crippen molar-refractivity contribution in [1.82, 2.24) is 15.5 Å². The largest absolute Gasteiger partial charge is 0.458 e. The van der Waals surface area contributed by atoms with Gasteiger partial charge in [-0.1, -0.05) is 48.5 Å². The molecule has 8 heteroatoms. The monoisotopic (exact) mass is 507 g/mol. The first kappa shape index (κ1) is 28.1. The zero-order valence-electron chi connectivity index (χ0n) is 22.0. The topological polar surface area (TPSA) is 105 Å². The van der Waals surface area contributed by atoms with Crippen molar-refractivity contribution in [3.63, 3.8) is 0 Å². The van der Waals surface area contributed by atoms with Crippen LogP contribution in [0.2, 0.25) is 0 Å². The molecular weight excluding hydrogens is 470 g/mol. The summed E-state index contributed by atoms with van der Waals surface area (Å²) in [5, 5.41) is 5.85. The Morgan fingerprint density at radius 2 is 1.62 bits per heavy atom. The normalized spacial score (nSPS) is 17.1. The van der Waals surface area contributed by atoms with Gasteiger partial charge in [-0.05, 0) is 64.7 Å². The van der Waals surface area contributed by atoms with Crippen molar-refractivity contribution >= 4 is 23.6 Å². The van der Waals surface area contributed by atoms with Gasteiger partial charge >= 0.3 is 5.97 Å². The van der Waals surface area contributed by atoms with Crippen LogP contribution in [0.15, 0.2) is 60.7 Å². The minimum atomic E-state index is -0.772. The van der Waals surface area contributed by atoms with Crippen LogP contribution in [0, 0.1) is 0 Å². The molecule has 37 heavy (non-hydrogen) atoms. The molecule has 2 aromatic carbocycles. The van der Waals surface area contributed by atoms with Crippen LogP contribution in [0.5, 0.6) is 0 Å². The highest BCUT2D eigenvalue weighted by Gasteiger charge is 2.38. The summed E-state index contributed by atoms with van der Waals surface area (Å²) >= 11 is 0. The van der Waals surface area contributed by atoms with E-state index in [-0.39, 0.29) is 24.1 Å². The van der Waals surface area contributed by atoms with E-state index in [1.807, 2.05) is 36.4 Å². The lowest BCUT2D eigenvalue weighted by molar-refractivity contribution is -0.163. The van der Waals surface area contributed by atoms with Crippen molar-refractivity contribution in [2.75, 3.05) is 13.1 Å². The van der Waals surface area contributed by atoms with Crippen LogP contribution in [0.1, 0.15) is 56.5 Å². The summed E-state index contributed by atoms with van der Waals surface area (Å²) in [6, 6.07) is 16.1. The van der Waals surface area contributed by atoms with E-state index in [1.165, 1.54) is 4.90 Å². The zero-order valence-corrected chi connectivity index (χ0v) is 22.0. The van der Waals surface area contributed by atoms with E-state index in [0.29, 0.717) is 31.4 Å². The Kier molecular flexibility index (Phi) is 9.58. The van der Waals surface area contributed by atoms with Gasteiger partial charge in [0, 0.05) is 12.1 Å². The smallest absolute Gasteiger partial charge is 0.329 e. The van der Waals surface area contributed by atoms with Gasteiger partial charge in [0.05, 0.1) is 18.6 Å². The number of hydrogen-bond donors (Lipinski definition) is 2. The van der Waals surface area contributed by atoms with Gasteiger partial charge in [0.15, 0.2) is 5.78 Å². The molecule has 1 aliphatic rings. The molecule has 0 bridgehead atoms. The number of carbonyl (C=O) groups is 4. The summed E-state index contributed by atoms with van der Waals surface area (Å²) in [6.45, 7) is 7.42. The molecule has 0 saturated carbocycles. The van der Waals surface area contributed by atoms with Gasteiger partial charge in [-0.3, -0.25) is 19.7 Å². The molecule has 1 heterocycles. The standard InChI is InChI=1S/C29H37N3O5/c1-20(27(35)32-17-11-16-24(32)28(36)37-29(2,3)4)30-19-25(33)23(18-21-12-7-5-8-13-21)31-26(34)22-14-9-6-10-15-22/h5-10,12-15,20,23-24,30H,11,16-19H2,1-4H3,(H,31,34)/t20-,23-,24-/m0/s1. The fraction of sp³-hybridized carbons (Fsp3) is 0.448. The molecule has 3 rings (SSSR count). The maximum absolute atomic E-state index is 13.2. The van der Waals surface area contributed by atoms with E-state index in [9.17, 15) is 19.2 Å². The first-order valence-electron chi connectivity index (χ1n) is 12.7. The Balaban J connectivity index is 1.63. The summed E-state index contributed by atoms with van der Waals surface area (Å²) in [5.41, 5.74) is 0.741. The van der Waals surface area contributed by atoms with Crippen LogP contribution >= 0.6 is 0 Å². The molecule has 1 fully saturated rings. The third-order valence-electron chi connectivity index (χ3n) is 6.18. The van der Waals surface area contributed by atoms with E-state index in [1.54, 1.807) is 52.0 Å². The summed E-state index contributed by atoms with van der Waals surface area (Å²) in [4.78, 5) is 53.3. The molecule has 2 amide bonds. The lowest BCUT2D eigenvalue weighted by Gasteiger charge is -2.29. The van der Waals surface area contributed by atoms with E-state index in [4.69, 9.17) is 4.74 Å². The van der Waals surface area contributed by atoms with E-state index in [0.717, 1.165) is 5.56 Å². The second-order valence-corrected chi connectivity index (χ2v) is 10.4. The Labute approximate surface area is 218 Å². The van der Waals surface area contributed by atoms with E-state index in [2.05, 4.69) is 10.6 Å². The van der Waals surface area contributed by atoms with Gasteiger partial charge in [0.2, 0.25) is 5.91 Å². The first-order valence-corrected chi connectivity index (χ1v) is 12.7. The minimum absolute atomic E-state index is 0.107. The highest BCUT2D eigenvalue weighted by molar-refractivity contribution is 5.98. The summed E-state index contributed by atoms with van der Waals surface area (Å²) in [6.07, 6.45) is 1.60. The third-order valence-corrected chi connectivity index (χ3v) is 6.18. The number of ketones is 1. The number of esters is 1. The number of amides is 2. The number of ether oxygens (including phenoxy) is 1. The number of Topliss-reactive ketones (excluding diaryl/α,β-unsaturated/α-hetero) is 1. The molecule has 2 N–H and O–H groups in total. The quantitative estimate of drug-likeness (QED) is 0.479. The van der Waals surface area contributed by atoms with Crippen molar-refractivity contribution < 1.29 is 23.9 Å². The van der Waals surface area contributed by atoms with Crippen LogP contribution < -0.4 is 10.6 Å². The molecule has 0 aromatic heterocycles. The number of nitrogens with zero attached hydrogens (tertiary/aromatic N) is 1. The molecule has 0 radical (unpaired) electrons. The first-order chi connectivity index (χ1) is 17.5. The van der Waals surface area contributed by atoms with Crippen LogP contribution in [-0.2, 0) is 25.5 Å². The van der Waals surface area contributed by atoms with Crippen molar-refractivity contribution in [3.05, 3.63) is 71.8 Å². The maximum Gasteiger partial charge on any atom is 0.329 e. The molecule has 1 saturated heterocycles. The van der Waals surface area contributed by atoms with Crippen molar-refractivity contribution in [3.8, 4) is 0 Å². The fourth-order valence-corrected chi connectivity index (χ4v) is 4.28. The Morgan fingerprint density at radius 1 is 1.00 bits per heavy atom. The molecule has 8 nitrogen and oxygen atoms in total. The van der Waals surface area contributed by atoms with Crippen LogP contribution in [-0.4, -0.2) is 65.3 Å². The van der Waals surface area contributed by atoms with Gasteiger partial charge in [-0.15, -0.1) is 0 Å². The summed E-state index contributed by atoms with van der Waals surface area (Å²) in [5.74, 6) is -1.24. The van der Waals surface area contributed by atoms with Gasteiger partial charge in [-0.2, -0.15) is 0 Å². The van der Waals surface area contributed by atoms with Crippen molar-refractivity contribution in [2.45, 2.75) is 70.7 Å². The average Bonchev–Trinajstić information content (AvgIpc) is 3.36. The van der Waals surface area contributed by atoms with Gasteiger partial charge in [-0.25, -0.2) is 4.79 Å². The van der Waals surface area contributed by atoms with Gasteiger partial charge < -0.3 is 15.0 Å². The highest BCUT2D eigenvalue weighted by atomic mass is 16.6. The highest BCUT2D eigenvalue weighted by Crippen LogP contribution is 2.22. The third kappa shape index (κ3) is 8.25. The Hall–Kier alpha value is -3.52. The Morgan fingerprint density at radius 3 is 2.24 bits per heavy atom. The predicted octanol–water partition coefficient (Wildman–Crippen LogP) is 2.91. The van der Waals surface area contributed by atoms with Gasteiger partial charge in [0.25, 0.3) is 5.91 Å². The van der Waals surface area contributed by atoms with E-state index >= 15 is 0 Å². The number of hydrogen-bond acceptors (Lipinski definition) is 6.